The van der Waals surface area contributed by atoms with Crippen LogP contribution in [0.3, 0.4) is 0 Å². The third-order valence-electron chi connectivity index (χ3n) is 2.39. The average Bonchev–Trinajstić information content (AvgIpc) is 2.43. The van der Waals surface area contributed by atoms with E-state index in [2.05, 4.69) is 14.8 Å². The van der Waals surface area contributed by atoms with E-state index in [0.717, 1.165) is 24.6 Å². The molecule has 1 aromatic carbocycles. The first kappa shape index (κ1) is 17.8. The molecular formula is C14H15F4NO3. The molecule has 0 aliphatic heterocycles. The van der Waals surface area contributed by atoms with Crippen LogP contribution in [0.15, 0.2) is 24.3 Å². The number of hydrogen-bond donors (Lipinski definition) is 1. The number of hydrogen-bond acceptors (Lipinski definition) is 3. The van der Waals surface area contributed by atoms with E-state index in [0.29, 0.717) is 6.54 Å². The van der Waals surface area contributed by atoms with Crippen LogP contribution in [0, 0.1) is 0 Å². The minimum Gasteiger partial charge on any atom is -0.435 e. The molecule has 0 unspecified atom stereocenters. The molecule has 1 aromatic rings. The molecular weight excluding hydrogens is 306 g/mol. The number of rotatable bonds is 8. The van der Waals surface area contributed by atoms with Crippen LogP contribution < -0.4 is 14.8 Å². The van der Waals surface area contributed by atoms with Gasteiger partial charge in [-0.05, 0) is 24.6 Å². The molecule has 122 valence electrons. The molecule has 0 saturated carbocycles. The predicted octanol–water partition coefficient (Wildman–Crippen LogP) is 3.43. The first-order valence-electron chi connectivity index (χ1n) is 6.42. The Hall–Kier alpha value is -2.25. The standard InChI is InChI=1S/C14H15F4NO3/c1-2-7-19-12(20)6-4-9-3-5-10(21-13(15)16)8-11(9)22-14(17)18/h3-6,8,13-14H,2,7H2,1H3,(H,19,20)/b6-4+. The molecule has 0 heterocycles. The molecule has 0 aliphatic carbocycles. The Bertz CT molecular complexity index is 521. The summed E-state index contributed by atoms with van der Waals surface area (Å²) in [6.45, 7) is -3.87. The van der Waals surface area contributed by atoms with Gasteiger partial charge in [0.05, 0.1) is 0 Å². The van der Waals surface area contributed by atoms with Gasteiger partial charge >= 0.3 is 13.2 Å². The Morgan fingerprint density at radius 2 is 1.91 bits per heavy atom. The highest BCUT2D eigenvalue weighted by molar-refractivity contribution is 5.92. The molecule has 0 saturated heterocycles. The molecule has 8 heteroatoms. The maximum absolute atomic E-state index is 12.3. The van der Waals surface area contributed by atoms with Crippen molar-refractivity contribution in [3.05, 3.63) is 29.8 Å². The van der Waals surface area contributed by atoms with Gasteiger partial charge in [0.25, 0.3) is 0 Å². The zero-order valence-electron chi connectivity index (χ0n) is 11.7. The monoisotopic (exact) mass is 321 g/mol. The second-order valence-electron chi connectivity index (χ2n) is 4.08. The fourth-order valence-electron chi connectivity index (χ4n) is 1.50. The summed E-state index contributed by atoms with van der Waals surface area (Å²) in [6.07, 6.45) is 3.13. The van der Waals surface area contributed by atoms with Crippen molar-refractivity contribution < 1.29 is 31.8 Å². The van der Waals surface area contributed by atoms with Crippen LogP contribution in [0.5, 0.6) is 11.5 Å². The SMILES string of the molecule is CCCNC(=O)/C=C/c1ccc(OC(F)F)cc1OC(F)F. The Kier molecular flexibility index (Phi) is 7.21. The van der Waals surface area contributed by atoms with Gasteiger partial charge in [-0.2, -0.15) is 17.6 Å². The molecule has 0 aliphatic rings. The van der Waals surface area contributed by atoms with E-state index in [-0.39, 0.29) is 17.1 Å². The van der Waals surface area contributed by atoms with E-state index in [1.54, 1.807) is 0 Å². The highest BCUT2D eigenvalue weighted by atomic mass is 19.3. The van der Waals surface area contributed by atoms with Crippen molar-refractivity contribution in [2.45, 2.75) is 26.6 Å². The number of alkyl halides is 4. The minimum atomic E-state index is -3.14. The highest BCUT2D eigenvalue weighted by Gasteiger charge is 2.12. The van der Waals surface area contributed by atoms with Crippen molar-refractivity contribution in [1.82, 2.24) is 5.32 Å². The molecule has 0 spiro atoms. The molecule has 1 amide bonds. The Morgan fingerprint density at radius 1 is 1.23 bits per heavy atom. The first-order valence-corrected chi connectivity index (χ1v) is 6.42. The Labute approximate surface area is 124 Å². The number of amides is 1. The van der Waals surface area contributed by atoms with Gasteiger partial charge in [0.2, 0.25) is 5.91 Å². The summed E-state index contributed by atoms with van der Waals surface area (Å²) >= 11 is 0. The summed E-state index contributed by atoms with van der Waals surface area (Å²) in [7, 11) is 0. The van der Waals surface area contributed by atoms with E-state index in [1.807, 2.05) is 6.92 Å². The zero-order chi connectivity index (χ0) is 16.5. The van der Waals surface area contributed by atoms with Crippen molar-refractivity contribution >= 4 is 12.0 Å². The van der Waals surface area contributed by atoms with Crippen molar-refractivity contribution in [3.8, 4) is 11.5 Å². The van der Waals surface area contributed by atoms with Crippen LogP contribution in [0.2, 0.25) is 0 Å². The smallest absolute Gasteiger partial charge is 0.387 e. The minimum absolute atomic E-state index is 0.133. The van der Waals surface area contributed by atoms with Gasteiger partial charge in [0, 0.05) is 24.3 Å². The maximum atomic E-state index is 12.3. The van der Waals surface area contributed by atoms with E-state index >= 15 is 0 Å². The second-order valence-corrected chi connectivity index (χ2v) is 4.08. The van der Waals surface area contributed by atoms with Gasteiger partial charge in [0.15, 0.2) is 0 Å². The number of ether oxygens (including phenoxy) is 2. The molecule has 4 nitrogen and oxygen atoms in total. The number of benzene rings is 1. The van der Waals surface area contributed by atoms with E-state index in [4.69, 9.17) is 0 Å². The first-order chi connectivity index (χ1) is 10.4. The van der Waals surface area contributed by atoms with Crippen molar-refractivity contribution in [1.29, 1.82) is 0 Å². The van der Waals surface area contributed by atoms with Crippen LogP contribution in [0.4, 0.5) is 17.6 Å². The van der Waals surface area contributed by atoms with Gasteiger partial charge in [-0.25, -0.2) is 0 Å². The van der Waals surface area contributed by atoms with E-state index < -0.39 is 19.1 Å². The number of nitrogens with one attached hydrogen (secondary N) is 1. The molecule has 0 bridgehead atoms. The maximum Gasteiger partial charge on any atom is 0.387 e. The van der Waals surface area contributed by atoms with Crippen molar-refractivity contribution in [2.75, 3.05) is 6.54 Å². The molecule has 0 fully saturated rings. The number of halogens is 4. The van der Waals surface area contributed by atoms with Gasteiger partial charge in [0.1, 0.15) is 11.5 Å². The second kappa shape index (κ2) is 8.91. The fourth-order valence-corrected chi connectivity index (χ4v) is 1.50. The highest BCUT2D eigenvalue weighted by Crippen LogP contribution is 2.28. The molecule has 0 atom stereocenters. The molecule has 1 N–H and O–H groups in total. The summed E-state index contributed by atoms with van der Waals surface area (Å²) in [6, 6.07) is 3.30. The van der Waals surface area contributed by atoms with Crippen LogP contribution in [-0.2, 0) is 4.79 Å². The van der Waals surface area contributed by atoms with Gasteiger partial charge < -0.3 is 14.8 Å². The lowest BCUT2D eigenvalue weighted by Crippen LogP contribution is -2.21. The summed E-state index contributed by atoms with van der Waals surface area (Å²) < 4.78 is 57.3. The summed E-state index contributed by atoms with van der Waals surface area (Å²) in [4.78, 5) is 11.4. The zero-order valence-corrected chi connectivity index (χ0v) is 11.7. The van der Waals surface area contributed by atoms with Gasteiger partial charge in [-0.3, -0.25) is 4.79 Å². The lowest BCUT2D eigenvalue weighted by molar-refractivity contribution is -0.116. The van der Waals surface area contributed by atoms with Gasteiger partial charge in [-0.15, -0.1) is 0 Å². The molecule has 0 aromatic heterocycles. The normalized spacial score (nSPS) is 11.2. The third kappa shape index (κ3) is 6.47. The lowest BCUT2D eigenvalue weighted by atomic mass is 10.1. The predicted molar refractivity (Wildman–Crippen MR) is 72.0 cm³/mol. The third-order valence-corrected chi connectivity index (χ3v) is 2.39. The van der Waals surface area contributed by atoms with Crippen LogP contribution in [0.25, 0.3) is 6.08 Å². The van der Waals surface area contributed by atoms with Crippen LogP contribution in [0.1, 0.15) is 18.9 Å². The fraction of sp³-hybridized carbons (Fsp3) is 0.357. The topological polar surface area (TPSA) is 47.6 Å². The largest absolute Gasteiger partial charge is 0.435 e. The van der Waals surface area contributed by atoms with Crippen LogP contribution >= 0.6 is 0 Å². The van der Waals surface area contributed by atoms with Crippen molar-refractivity contribution in [2.24, 2.45) is 0 Å². The molecule has 1 rings (SSSR count). The number of carbonyl (C=O) groups is 1. The summed E-state index contributed by atoms with van der Waals surface area (Å²) in [5.74, 6) is -1.09. The molecule has 22 heavy (non-hydrogen) atoms. The lowest BCUT2D eigenvalue weighted by Gasteiger charge is -2.11. The summed E-state index contributed by atoms with van der Waals surface area (Å²) in [5.41, 5.74) is 0.133. The quantitative estimate of drug-likeness (QED) is 0.589. The Morgan fingerprint density at radius 3 is 2.50 bits per heavy atom. The van der Waals surface area contributed by atoms with Crippen LogP contribution in [-0.4, -0.2) is 25.7 Å². The average molecular weight is 321 g/mol. The van der Waals surface area contributed by atoms with E-state index in [9.17, 15) is 22.4 Å². The van der Waals surface area contributed by atoms with Gasteiger partial charge in [-0.1, -0.05) is 6.92 Å². The van der Waals surface area contributed by atoms with Crippen molar-refractivity contribution in [3.63, 3.8) is 0 Å². The van der Waals surface area contributed by atoms with E-state index in [1.165, 1.54) is 12.1 Å². The summed E-state index contributed by atoms with van der Waals surface area (Å²) in [5, 5.41) is 2.56. The Balaban J connectivity index is 2.92. The number of carbonyl (C=O) groups excluding carboxylic acids is 1. The molecule has 0 radical (unpaired) electrons.